The number of hydrogen-bond donors (Lipinski definition) is 0. The summed E-state index contributed by atoms with van der Waals surface area (Å²) in [6.45, 7) is 42.8. The third-order valence-corrected chi connectivity index (χ3v) is 13.9. The van der Waals surface area contributed by atoms with E-state index < -0.39 is 0 Å². The fourth-order valence-electron chi connectivity index (χ4n) is 9.45. The van der Waals surface area contributed by atoms with Gasteiger partial charge in [0.15, 0.2) is 0 Å². The molecule has 0 aliphatic heterocycles. The average Bonchev–Trinajstić information content (AvgIpc) is 3.14. The molecule has 0 saturated heterocycles. The van der Waals surface area contributed by atoms with Crippen molar-refractivity contribution in [3.8, 4) is 22.3 Å². The maximum absolute atomic E-state index is 2.49. The molecule has 1 heteroatoms. The van der Waals surface area contributed by atoms with E-state index in [4.69, 9.17) is 0 Å². The van der Waals surface area contributed by atoms with E-state index in [2.05, 4.69) is 233 Å². The minimum absolute atomic E-state index is 0.0745. The Kier molecular flexibility index (Phi) is 12.9. The monoisotopic (exact) mass is 827 g/mol. The number of benzene rings is 6. The predicted molar refractivity (Wildman–Crippen MR) is 270 cm³/mol. The predicted octanol–water partition coefficient (Wildman–Crippen LogP) is 17.4. The molecule has 61 heavy (non-hydrogen) atoms. The lowest BCUT2D eigenvalue weighted by atomic mass is 9.72. The summed E-state index contributed by atoms with van der Waals surface area (Å²) >= 11 is 2.06. The molecule has 0 saturated carbocycles. The molecule has 0 nitrogen and oxygen atoms in total. The Balaban J connectivity index is 1.87. The third kappa shape index (κ3) is 9.84. The van der Waals surface area contributed by atoms with Gasteiger partial charge in [-0.05, 0) is 165 Å². The van der Waals surface area contributed by atoms with Crippen molar-refractivity contribution in [3.63, 3.8) is 0 Å². The van der Waals surface area contributed by atoms with Crippen LogP contribution in [0.5, 0.6) is 0 Å². The zero-order valence-electron chi connectivity index (χ0n) is 41.1. The standard InChI is InChI=1S/C60H74S/c1-37-29-47(57(7,8)9)53(48(30-37)58(10,11)12)51-41(5)33-39(3)45(35-43-25-21-19-22-26-43)55(51)61-56-46(36-44-27-23-20-24-28-44)40(4)34-42(6)52(56)54-49(59(13,14)15)31-38(2)32-50(54)60(16,17)18/h19-34H,35-36H2,1-18H3. The molecule has 0 radical (unpaired) electrons. The Morgan fingerprint density at radius 2 is 0.623 bits per heavy atom. The summed E-state index contributed by atoms with van der Waals surface area (Å²) in [5.74, 6) is 0. The second-order valence-corrected chi connectivity index (χ2v) is 23.3. The molecule has 0 aromatic heterocycles. The van der Waals surface area contributed by atoms with Gasteiger partial charge < -0.3 is 0 Å². The lowest BCUT2D eigenvalue weighted by Gasteiger charge is -2.35. The largest absolute Gasteiger partial charge is 0.0881 e. The fourth-order valence-corrected chi connectivity index (χ4v) is 11.1. The van der Waals surface area contributed by atoms with Crippen LogP contribution in [0.2, 0.25) is 0 Å². The Hall–Kier alpha value is -4.33. The van der Waals surface area contributed by atoms with E-state index in [1.807, 2.05) is 0 Å². The van der Waals surface area contributed by atoms with Crippen LogP contribution in [0, 0.1) is 41.5 Å². The van der Waals surface area contributed by atoms with Gasteiger partial charge in [0.25, 0.3) is 0 Å². The van der Waals surface area contributed by atoms with Crippen LogP contribution >= 0.6 is 11.8 Å². The summed E-state index contributed by atoms with van der Waals surface area (Å²) in [6.07, 6.45) is 1.73. The lowest BCUT2D eigenvalue weighted by Crippen LogP contribution is -2.21. The van der Waals surface area contributed by atoms with Crippen molar-refractivity contribution >= 4 is 11.8 Å². The highest BCUT2D eigenvalue weighted by Crippen LogP contribution is 2.54. The summed E-state index contributed by atoms with van der Waals surface area (Å²) in [7, 11) is 0. The first-order valence-electron chi connectivity index (χ1n) is 22.6. The molecule has 0 atom stereocenters. The van der Waals surface area contributed by atoms with Crippen LogP contribution in [0.4, 0.5) is 0 Å². The van der Waals surface area contributed by atoms with Gasteiger partial charge in [-0.15, -0.1) is 0 Å². The molecule has 0 unspecified atom stereocenters. The van der Waals surface area contributed by atoms with Gasteiger partial charge in [-0.25, -0.2) is 0 Å². The van der Waals surface area contributed by atoms with Gasteiger partial charge in [-0.3, -0.25) is 0 Å². The van der Waals surface area contributed by atoms with Gasteiger partial charge in [0.05, 0.1) is 0 Å². The summed E-state index contributed by atoms with van der Waals surface area (Å²) in [5.41, 5.74) is 24.6. The molecule has 320 valence electrons. The highest BCUT2D eigenvalue weighted by molar-refractivity contribution is 7.99. The van der Waals surface area contributed by atoms with Crippen molar-refractivity contribution in [2.24, 2.45) is 0 Å². The highest BCUT2D eigenvalue weighted by Gasteiger charge is 2.34. The van der Waals surface area contributed by atoms with Crippen molar-refractivity contribution in [2.45, 2.75) is 169 Å². The molecule has 0 heterocycles. The summed E-state index contributed by atoms with van der Waals surface area (Å²) in [6, 6.07) is 37.2. The van der Waals surface area contributed by atoms with Crippen LogP contribution in [0.25, 0.3) is 22.3 Å². The maximum Gasteiger partial charge on any atom is 0.0242 e. The highest BCUT2D eigenvalue weighted by atomic mass is 32.2. The Morgan fingerprint density at radius 1 is 0.344 bits per heavy atom. The van der Waals surface area contributed by atoms with Crippen LogP contribution in [0.3, 0.4) is 0 Å². The number of rotatable bonds is 8. The Labute approximate surface area is 376 Å². The van der Waals surface area contributed by atoms with Crippen molar-refractivity contribution in [2.75, 3.05) is 0 Å². The Bertz CT molecular complexity index is 2300. The molecule has 0 amide bonds. The van der Waals surface area contributed by atoms with E-state index in [9.17, 15) is 0 Å². The molecular formula is C60H74S. The zero-order chi connectivity index (χ0) is 45.0. The van der Waals surface area contributed by atoms with Crippen molar-refractivity contribution in [1.82, 2.24) is 0 Å². The smallest absolute Gasteiger partial charge is 0.0242 e. The Morgan fingerprint density at radius 3 is 0.885 bits per heavy atom. The topological polar surface area (TPSA) is 0 Å². The van der Waals surface area contributed by atoms with Gasteiger partial charge in [0, 0.05) is 9.79 Å². The van der Waals surface area contributed by atoms with Gasteiger partial charge >= 0.3 is 0 Å². The first-order valence-corrected chi connectivity index (χ1v) is 23.4. The lowest BCUT2D eigenvalue weighted by molar-refractivity contribution is 0.570. The maximum atomic E-state index is 2.49. The first-order chi connectivity index (χ1) is 28.3. The van der Waals surface area contributed by atoms with E-state index in [1.54, 1.807) is 0 Å². The molecule has 0 aliphatic carbocycles. The van der Waals surface area contributed by atoms with Gasteiger partial charge in [-0.2, -0.15) is 0 Å². The average molecular weight is 827 g/mol. The van der Waals surface area contributed by atoms with Gasteiger partial charge in [-0.1, -0.05) is 203 Å². The van der Waals surface area contributed by atoms with Crippen LogP contribution < -0.4 is 0 Å². The SMILES string of the molecule is Cc1cc(C(C)(C)C)c(-c2c(C)cc(C)c(Cc3ccccc3)c2Sc2c(Cc3ccccc3)c(C)cc(C)c2-c2c(C(C)(C)C)cc(C)cc2C(C)(C)C)c(C(C)(C)C)c1. The second kappa shape index (κ2) is 17.1. The minimum Gasteiger partial charge on any atom is -0.0881 e. The van der Waals surface area contributed by atoms with E-state index in [1.165, 1.54) is 110 Å². The third-order valence-electron chi connectivity index (χ3n) is 12.6. The van der Waals surface area contributed by atoms with Crippen molar-refractivity contribution in [3.05, 3.63) is 175 Å². The quantitative estimate of drug-likeness (QED) is 0.147. The number of hydrogen-bond acceptors (Lipinski definition) is 1. The molecule has 6 aromatic rings. The van der Waals surface area contributed by atoms with E-state index >= 15 is 0 Å². The zero-order valence-corrected chi connectivity index (χ0v) is 41.9. The summed E-state index contributed by atoms with van der Waals surface area (Å²) < 4.78 is 0. The molecule has 0 aliphatic rings. The molecule has 0 bridgehead atoms. The molecule has 6 rings (SSSR count). The fraction of sp³-hybridized carbons (Fsp3) is 0.400. The van der Waals surface area contributed by atoms with E-state index in [-0.39, 0.29) is 21.7 Å². The molecular weight excluding hydrogens is 753 g/mol. The molecule has 0 fully saturated rings. The second-order valence-electron chi connectivity index (χ2n) is 22.3. The van der Waals surface area contributed by atoms with Gasteiger partial charge in [0.1, 0.15) is 0 Å². The van der Waals surface area contributed by atoms with Crippen LogP contribution in [-0.2, 0) is 34.5 Å². The van der Waals surface area contributed by atoms with Crippen LogP contribution in [-0.4, -0.2) is 0 Å². The van der Waals surface area contributed by atoms with E-state index in [0.717, 1.165) is 12.8 Å². The summed E-state index contributed by atoms with van der Waals surface area (Å²) in [5, 5.41) is 0. The van der Waals surface area contributed by atoms with Crippen molar-refractivity contribution in [1.29, 1.82) is 0 Å². The van der Waals surface area contributed by atoms with Crippen molar-refractivity contribution < 1.29 is 0 Å². The first kappa shape index (κ1) is 46.2. The summed E-state index contributed by atoms with van der Waals surface area (Å²) in [4.78, 5) is 2.78. The minimum atomic E-state index is -0.0745. The van der Waals surface area contributed by atoms with Gasteiger partial charge in [0.2, 0.25) is 0 Å². The normalized spacial score (nSPS) is 12.6. The van der Waals surface area contributed by atoms with E-state index in [0.29, 0.717) is 0 Å². The molecule has 0 spiro atoms. The number of aryl methyl sites for hydroxylation is 6. The molecule has 0 N–H and O–H groups in total. The van der Waals surface area contributed by atoms with Crippen LogP contribution in [0.15, 0.2) is 107 Å². The van der Waals surface area contributed by atoms with Crippen LogP contribution in [0.1, 0.15) is 161 Å². The molecule has 6 aromatic carbocycles.